The third-order valence-corrected chi connectivity index (χ3v) is 2.87. The molecule has 0 bridgehead atoms. The van der Waals surface area contributed by atoms with Crippen molar-refractivity contribution in [2.24, 2.45) is 0 Å². The number of aryl methyl sites for hydroxylation is 1. The number of aromatic nitrogens is 1. The van der Waals surface area contributed by atoms with Crippen molar-refractivity contribution < 1.29 is 0 Å². The van der Waals surface area contributed by atoms with E-state index in [2.05, 4.69) is 42.8 Å². The molecule has 0 aromatic carbocycles. The van der Waals surface area contributed by atoms with Crippen LogP contribution in [0.25, 0.3) is 0 Å². The molecule has 0 saturated carbocycles. The van der Waals surface area contributed by atoms with Crippen molar-refractivity contribution >= 4 is 5.82 Å². The number of pyridine rings is 1. The van der Waals surface area contributed by atoms with Crippen LogP contribution in [0.2, 0.25) is 0 Å². The first kappa shape index (κ1) is 14.7. The second-order valence-corrected chi connectivity index (χ2v) is 4.43. The second-order valence-electron chi connectivity index (χ2n) is 4.43. The SMILES string of the molecule is C=CCN(CC)c1cc(CNC)cc(CCC)n1. The zero-order chi connectivity index (χ0) is 13.4. The van der Waals surface area contributed by atoms with Gasteiger partial charge in [0.2, 0.25) is 0 Å². The quantitative estimate of drug-likeness (QED) is 0.716. The predicted octanol–water partition coefficient (Wildman–Crippen LogP) is 2.77. The summed E-state index contributed by atoms with van der Waals surface area (Å²) in [6.45, 7) is 10.8. The number of nitrogens with one attached hydrogen (secondary N) is 1. The van der Waals surface area contributed by atoms with Gasteiger partial charge in [0.05, 0.1) is 0 Å². The number of nitrogens with zero attached hydrogens (tertiary/aromatic N) is 2. The van der Waals surface area contributed by atoms with Crippen LogP contribution < -0.4 is 10.2 Å². The minimum atomic E-state index is 0.845. The van der Waals surface area contributed by atoms with Gasteiger partial charge in [-0.15, -0.1) is 6.58 Å². The average molecular weight is 247 g/mol. The van der Waals surface area contributed by atoms with E-state index in [0.29, 0.717) is 0 Å². The Labute approximate surface area is 111 Å². The van der Waals surface area contributed by atoms with E-state index in [1.165, 1.54) is 11.3 Å². The fourth-order valence-corrected chi connectivity index (χ4v) is 2.03. The monoisotopic (exact) mass is 247 g/mol. The molecular weight excluding hydrogens is 222 g/mol. The molecule has 0 saturated heterocycles. The van der Waals surface area contributed by atoms with Crippen molar-refractivity contribution in [1.82, 2.24) is 10.3 Å². The van der Waals surface area contributed by atoms with E-state index in [4.69, 9.17) is 4.98 Å². The van der Waals surface area contributed by atoms with Crippen LogP contribution in [0.4, 0.5) is 5.82 Å². The van der Waals surface area contributed by atoms with Gasteiger partial charge in [0.1, 0.15) is 5.82 Å². The van der Waals surface area contributed by atoms with Crippen molar-refractivity contribution in [2.45, 2.75) is 33.2 Å². The highest BCUT2D eigenvalue weighted by atomic mass is 15.2. The number of anilines is 1. The molecule has 1 aromatic heterocycles. The summed E-state index contributed by atoms with van der Waals surface area (Å²) in [5.41, 5.74) is 2.48. The summed E-state index contributed by atoms with van der Waals surface area (Å²) >= 11 is 0. The van der Waals surface area contributed by atoms with Crippen LogP contribution in [0.3, 0.4) is 0 Å². The molecule has 1 aromatic rings. The largest absolute Gasteiger partial charge is 0.353 e. The molecule has 1 rings (SSSR count). The van der Waals surface area contributed by atoms with Gasteiger partial charge in [0.25, 0.3) is 0 Å². The minimum absolute atomic E-state index is 0.845. The summed E-state index contributed by atoms with van der Waals surface area (Å²) in [4.78, 5) is 6.99. The van der Waals surface area contributed by atoms with Gasteiger partial charge in [0.15, 0.2) is 0 Å². The fourth-order valence-electron chi connectivity index (χ4n) is 2.03. The molecule has 0 radical (unpaired) electrons. The van der Waals surface area contributed by atoms with Crippen LogP contribution in [-0.2, 0) is 13.0 Å². The van der Waals surface area contributed by atoms with E-state index in [-0.39, 0.29) is 0 Å². The van der Waals surface area contributed by atoms with E-state index in [0.717, 1.165) is 38.3 Å². The van der Waals surface area contributed by atoms with Gasteiger partial charge >= 0.3 is 0 Å². The van der Waals surface area contributed by atoms with Gasteiger partial charge in [-0.25, -0.2) is 4.98 Å². The van der Waals surface area contributed by atoms with Gasteiger partial charge < -0.3 is 10.2 Å². The maximum absolute atomic E-state index is 4.75. The Bertz CT molecular complexity index is 350. The molecule has 100 valence electrons. The van der Waals surface area contributed by atoms with Gasteiger partial charge in [-0.2, -0.15) is 0 Å². The lowest BCUT2D eigenvalue weighted by molar-refractivity contribution is 0.795. The highest BCUT2D eigenvalue weighted by Gasteiger charge is 2.07. The summed E-state index contributed by atoms with van der Waals surface area (Å²) in [5, 5.41) is 3.20. The normalized spacial score (nSPS) is 10.4. The molecule has 0 aliphatic heterocycles. The van der Waals surface area contributed by atoms with Crippen LogP contribution in [0.1, 0.15) is 31.5 Å². The molecule has 0 amide bonds. The molecular formula is C15H25N3. The molecule has 18 heavy (non-hydrogen) atoms. The molecule has 1 N–H and O–H groups in total. The molecule has 0 aliphatic rings. The summed E-state index contributed by atoms with van der Waals surface area (Å²) < 4.78 is 0. The van der Waals surface area contributed by atoms with Gasteiger partial charge in [-0.3, -0.25) is 0 Å². The fraction of sp³-hybridized carbons (Fsp3) is 0.533. The third-order valence-electron chi connectivity index (χ3n) is 2.87. The Hall–Kier alpha value is -1.35. The first-order valence-corrected chi connectivity index (χ1v) is 6.75. The molecule has 0 aliphatic carbocycles. The van der Waals surface area contributed by atoms with Crippen LogP contribution in [-0.4, -0.2) is 25.1 Å². The van der Waals surface area contributed by atoms with E-state index >= 15 is 0 Å². The summed E-state index contributed by atoms with van der Waals surface area (Å²) in [5.74, 6) is 1.06. The highest BCUT2D eigenvalue weighted by molar-refractivity contribution is 5.43. The standard InChI is InChI=1S/C15H25N3/c1-5-8-14-10-13(12-16-4)11-15(17-14)18(7-3)9-6-2/h6,10-11,16H,2,5,7-9,12H2,1,3-4H3. The van der Waals surface area contributed by atoms with Crippen LogP contribution in [0, 0.1) is 0 Å². The van der Waals surface area contributed by atoms with Gasteiger partial charge in [-0.1, -0.05) is 19.4 Å². The highest BCUT2D eigenvalue weighted by Crippen LogP contribution is 2.16. The van der Waals surface area contributed by atoms with Gasteiger partial charge in [-0.05, 0) is 38.1 Å². The lowest BCUT2D eigenvalue weighted by atomic mass is 10.1. The summed E-state index contributed by atoms with van der Waals surface area (Å²) in [7, 11) is 1.97. The lowest BCUT2D eigenvalue weighted by Crippen LogP contribution is -2.24. The Balaban J connectivity index is 3.03. The maximum atomic E-state index is 4.75. The molecule has 0 unspecified atom stereocenters. The molecule has 0 fully saturated rings. The number of rotatable bonds is 8. The Morgan fingerprint density at radius 2 is 2.17 bits per heavy atom. The number of hydrogen-bond acceptors (Lipinski definition) is 3. The third kappa shape index (κ3) is 4.15. The molecule has 3 nitrogen and oxygen atoms in total. The zero-order valence-electron chi connectivity index (χ0n) is 11.9. The van der Waals surface area contributed by atoms with Crippen molar-refractivity contribution in [2.75, 3.05) is 25.0 Å². The molecule has 0 atom stereocenters. The van der Waals surface area contributed by atoms with E-state index in [1.807, 2.05) is 13.1 Å². The van der Waals surface area contributed by atoms with Crippen molar-refractivity contribution in [3.63, 3.8) is 0 Å². The Morgan fingerprint density at radius 1 is 1.39 bits per heavy atom. The maximum Gasteiger partial charge on any atom is 0.129 e. The minimum Gasteiger partial charge on any atom is -0.353 e. The molecule has 1 heterocycles. The first-order valence-electron chi connectivity index (χ1n) is 6.75. The van der Waals surface area contributed by atoms with Crippen LogP contribution >= 0.6 is 0 Å². The number of likely N-dealkylation sites (N-methyl/N-ethyl adjacent to an activating group) is 1. The van der Waals surface area contributed by atoms with Gasteiger partial charge in [0, 0.05) is 25.3 Å². The zero-order valence-corrected chi connectivity index (χ0v) is 11.9. The molecule has 3 heteroatoms. The van der Waals surface area contributed by atoms with Crippen LogP contribution in [0.5, 0.6) is 0 Å². The first-order chi connectivity index (χ1) is 8.74. The Morgan fingerprint density at radius 3 is 2.72 bits per heavy atom. The molecule has 0 spiro atoms. The van der Waals surface area contributed by atoms with Crippen molar-refractivity contribution in [3.05, 3.63) is 36.0 Å². The second kappa shape index (κ2) is 7.88. The Kier molecular flexibility index (Phi) is 6.44. The van der Waals surface area contributed by atoms with E-state index in [9.17, 15) is 0 Å². The van der Waals surface area contributed by atoms with E-state index in [1.54, 1.807) is 0 Å². The topological polar surface area (TPSA) is 28.2 Å². The van der Waals surface area contributed by atoms with Crippen molar-refractivity contribution in [1.29, 1.82) is 0 Å². The smallest absolute Gasteiger partial charge is 0.129 e. The summed E-state index contributed by atoms with van der Waals surface area (Å²) in [6.07, 6.45) is 4.09. The predicted molar refractivity (Wildman–Crippen MR) is 79.1 cm³/mol. The lowest BCUT2D eigenvalue weighted by Gasteiger charge is -2.21. The van der Waals surface area contributed by atoms with E-state index < -0.39 is 0 Å². The number of hydrogen-bond donors (Lipinski definition) is 1. The summed E-state index contributed by atoms with van der Waals surface area (Å²) in [6, 6.07) is 4.37. The average Bonchev–Trinajstić information content (AvgIpc) is 2.36. The van der Waals surface area contributed by atoms with Crippen molar-refractivity contribution in [3.8, 4) is 0 Å². The van der Waals surface area contributed by atoms with Crippen LogP contribution in [0.15, 0.2) is 24.8 Å².